The molecule has 3 heterocycles. The molecule has 0 bridgehead atoms. The topological polar surface area (TPSA) is 78.8 Å². The molecule has 28 heavy (non-hydrogen) atoms. The van der Waals surface area contributed by atoms with E-state index in [1.54, 1.807) is 0 Å². The molecule has 0 radical (unpaired) electrons. The maximum atomic E-state index is 12.7. The van der Waals surface area contributed by atoms with Crippen LogP contribution in [0.4, 0.5) is 5.69 Å². The summed E-state index contributed by atoms with van der Waals surface area (Å²) in [7, 11) is 0. The number of aromatic nitrogens is 4. The summed E-state index contributed by atoms with van der Waals surface area (Å²) in [5, 5.41) is 7.55. The zero-order valence-electron chi connectivity index (χ0n) is 17.0. The van der Waals surface area contributed by atoms with Crippen molar-refractivity contribution in [1.29, 1.82) is 0 Å². The number of amides is 1. The standard InChI is InChI=1S/C21H28N6O/c1-5-27-15(4)20(14(3)25-27)24-19(28)12-26-10-6-7-18(26)21-22-16-9-8-13(2)11-17(16)23-21/h8-9,11,18H,5-7,10,12H2,1-4H3,(H,22,23)(H,24,28)/t18-/m1/s1. The van der Waals surface area contributed by atoms with Gasteiger partial charge >= 0.3 is 0 Å². The van der Waals surface area contributed by atoms with Crippen molar-refractivity contribution in [3.63, 3.8) is 0 Å². The van der Waals surface area contributed by atoms with Crippen LogP contribution in [0.5, 0.6) is 0 Å². The van der Waals surface area contributed by atoms with E-state index in [4.69, 9.17) is 4.98 Å². The minimum atomic E-state index is 0.000656. The molecule has 1 aromatic carbocycles. The minimum Gasteiger partial charge on any atom is -0.341 e. The zero-order valence-corrected chi connectivity index (χ0v) is 17.0. The molecule has 1 fully saturated rings. The number of likely N-dealkylation sites (tertiary alicyclic amines) is 1. The molecule has 4 rings (SSSR count). The second-order valence-electron chi connectivity index (χ2n) is 7.68. The summed E-state index contributed by atoms with van der Waals surface area (Å²) in [5.74, 6) is 0.956. The van der Waals surface area contributed by atoms with E-state index in [9.17, 15) is 4.79 Å². The van der Waals surface area contributed by atoms with Crippen LogP contribution in [0.3, 0.4) is 0 Å². The average Bonchev–Trinajstić information content (AvgIpc) is 3.34. The number of carbonyl (C=O) groups is 1. The Kier molecular flexibility index (Phi) is 4.93. The van der Waals surface area contributed by atoms with E-state index in [0.717, 1.165) is 59.9 Å². The maximum absolute atomic E-state index is 12.7. The Balaban J connectivity index is 1.49. The van der Waals surface area contributed by atoms with Crippen molar-refractivity contribution >= 4 is 22.6 Å². The van der Waals surface area contributed by atoms with Crippen LogP contribution >= 0.6 is 0 Å². The van der Waals surface area contributed by atoms with E-state index in [0.29, 0.717) is 6.54 Å². The van der Waals surface area contributed by atoms with Gasteiger partial charge in [0.15, 0.2) is 0 Å². The second-order valence-corrected chi connectivity index (χ2v) is 7.68. The van der Waals surface area contributed by atoms with Crippen molar-refractivity contribution in [2.45, 2.75) is 53.1 Å². The van der Waals surface area contributed by atoms with Gasteiger partial charge in [0, 0.05) is 6.54 Å². The van der Waals surface area contributed by atoms with E-state index < -0.39 is 0 Å². The van der Waals surface area contributed by atoms with E-state index >= 15 is 0 Å². The highest BCUT2D eigenvalue weighted by atomic mass is 16.2. The Hall–Kier alpha value is -2.67. The molecule has 2 N–H and O–H groups in total. The quantitative estimate of drug-likeness (QED) is 0.710. The van der Waals surface area contributed by atoms with Gasteiger partial charge in [0.2, 0.25) is 5.91 Å². The summed E-state index contributed by atoms with van der Waals surface area (Å²) < 4.78 is 1.92. The number of anilines is 1. The first-order valence-corrected chi connectivity index (χ1v) is 10.0. The van der Waals surface area contributed by atoms with Crippen molar-refractivity contribution in [1.82, 2.24) is 24.6 Å². The van der Waals surface area contributed by atoms with Gasteiger partial charge in [-0.3, -0.25) is 14.4 Å². The molecule has 7 nitrogen and oxygen atoms in total. The van der Waals surface area contributed by atoms with Gasteiger partial charge in [0.05, 0.1) is 40.7 Å². The monoisotopic (exact) mass is 380 g/mol. The summed E-state index contributed by atoms with van der Waals surface area (Å²) in [6.45, 7) is 10.1. The zero-order chi connectivity index (χ0) is 19.8. The van der Waals surface area contributed by atoms with Crippen LogP contribution in [-0.4, -0.2) is 43.6 Å². The first-order valence-electron chi connectivity index (χ1n) is 10.0. The van der Waals surface area contributed by atoms with Crippen molar-refractivity contribution in [2.24, 2.45) is 0 Å². The number of hydrogen-bond acceptors (Lipinski definition) is 4. The van der Waals surface area contributed by atoms with Gasteiger partial charge in [-0.15, -0.1) is 0 Å². The Morgan fingerprint density at radius 3 is 2.89 bits per heavy atom. The van der Waals surface area contributed by atoms with Crippen molar-refractivity contribution in [2.75, 3.05) is 18.4 Å². The number of benzene rings is 1. The van der Waals surface area contributed by atoms with Gasteiger partial charge in [-0.25, -0.2) is 4.98 Å². The molecule has 0 unspecified atom stereocenters. The lowest BCUT2D eigenvalue weighted by molar-refractivity contribution is -0.117. The third-order valence-corrected chi connectivity index (χ3v) is 5.63. The predicted molar refractivity (Wildman–Crippen MR) is 110 cm³/mol. The molecule has 0 saturated carbocycles. The average molecular weight is 380 g/mol. The molecule has 0 spiro atoms. The number of nitrogens with zero attached hydrogens (tertiary/aromatic N) is 4. The molecule has 1 aliphatic heterocycles. The summed E-state index contributed by atoms with van der Waals surface area (Å²) in [6.07, 6.45) is 2.08. The molecule has 1 saturated heterocycles. The van der Waals surface area contributed by atoms with Gasteiger partial charge < -0.3 is 10.3 Å². The molecule has 1 amide bonds. The van der Waals surface area contributed by atoms with Crippen LogP contribution in [0, 0.1) is 20.8 Å². The number of imidazole rings is 1. The second kappa shape index (κ2) is 7.39. The summed E-state index contributed by atoms with van der Waals surface area (Å²) in [4.78, 5) is 23.2. The third-order valence-electron chi connectivity index (χ3n) is 5.63. The molecular formula is C21H28N6O. The summed E-state index contributed by atoms with van der Waals surface area (Å²) in [5.41, 5.74) is 5.95. The summed E-state index contributed by atoms with van der Waals surface area (Å²) in [6, 6.07) is 6.40. The highest BCUT2D eigenvalue weighted by molar-refractivity contribution is 5.93. The first kappa shape index (κ1) is 18.7. The highest BCUT2D eigenvalue weighted by Gasteiger charge is 2.30. The third kappa shape index (κ3) is 3.42. The van der Waals surface area contributed by atoms with Gasteiger partial charge in [-0.05, 0) is 64.8 Å². The van der Waals surface area contributed by atoms with Gasteiger partial charge in [-0.2, -0.15) is 5.10 Å². The minimum absolute atomic E-state index is 0.000656. The Morgan fingerprint density at radius 2 is 2.14 bits per heavy atom. The maximum Gasteiger partial charge on any atom is 0.238 e. The lowest BCUT2D eigenvalue weighted by atomic mass is 10.2. The predicted octanol–water partition coefficient (Wildman–Crippen LogP) is 3.48. The Morgan fingerprint density at radius 1 is 1.32 bits per heavy atom. The van der Waals surface area contributed by atoms with Crippen molar-refractivity contribution < 1.29 is 4.79 Å². The fourth-order valence-corrected chi connectivity index (χ4v) is 4.18. The fraction of sp³-hybridized carbons (Fsp3) is 0.476. The highest BCUT2D eigenvalue weighted by Crippen LogP contribution is 2.31. The van der Waals surface area contributed by atoms with Crippen LogP contribution in [0.2, 0.25) is 0 Å². The smallest absolute Gasteiger partial charge is 0.238 e. The number of aryl methyl sites for hydroxylation is 3. The normalized spacial score (nSPS) is 17.5. The largest absolute Gasteiger partial charge is 0.341 e. The Bertz CT molecular complexity index is 1020. The van der Waals surface area contributed by atoms with Gasteiger partial charge in [0.1, 0.15) is 5.82 Å². The van der Waals surface area contributed by atoms with Crippen LogP contribution in [0.1, 0.15) is 48.6 Å². The lowest BCUT2D eigenvalue weighted by Crippen LogP contribution is -2.33. The van der Waals surface area contributed by atoms with Gasteiger partial charge in [-0.1, -0.05) is 6.07 Å². The number of carbonyl (C=O) groups excluding carboxylic acids is 1. The fourth-order valence-electron chi connectivity index (χ4n) is 4.18. The van der Waals surface area contributed by atoms with Crippen molar-refractivity contribution in [3.05, 3.63) is 41.0 Å². The van der Waals surface area contributed by atoms with Crippen molar-refractivity contribution in [3.8, 4) is 0 Å². The lowest BCUT2D eigenvalue weighted by Gasteiger charge is -2.22. The molecular weight excluding hydrogens is 352 g/mol. The molecule has 1 atom stereocenters. The number of rotatable bonds is 5. The summed E-state index contributed by atoms with van der Waals surface area (Å²) >= 11 is 0. The number of aromatic amines is 1. The Labute approximate surface area is 165 Å². The number of H-pyrrole nitrogens is 1. The van der Waals surface area contributed by atoms with E-state index in [1.165, 1.54) is 5.56 Å². The first-order chi connectivity index (χ1) is 13.5. The SMILES string of the molecule is CCn1nc(C)c(NC(=O)CN2CCC[C@@H]2c2nc3ccc(C)cc3[nH]2)c1C. The van der Waals surface area contributed by atoms with Crippen LogP contribution in [-0.2, 0) is 11.3 Å². The van der Waals surface area contributed by atoms with Crippen LogP contribution in [0.25, 0.3) is 11.0 Å². The number of hydrogen-bond donors (Lipinski definition) is 2. The van der Waals surface area contributed by atoms with E-state index in [1.807, 2.05) is 24.6 Å². The molecule has 1 aliphatic rings. The molecule has 0 aliphatic carbocycles. The van der Waals surface area contributed by atoms with Gasteiger partial charge in [0.25, 0.3) is 0 Å². The molecule has 148 valence electrons. The number of fused-ring (bicyclic) bond motifs is 1. The number of nitrogens with one attached hydrogen (secondary N) is 2. The molecule has 2 aromatic heterocycles. The molecule has 3 aromatic rings. The van der Waals surface area contributed by atoms with Crippen LogP contribution in [0.15, 0.2) is 18.2 Å². The molecule has 7 heteroatoms. The van der Waals surface area contributed by atoms with E-state index in [-0.39, 0.29) is 11.9 Å². The van der Waals surface area contributed by atoms with E-state index in [2.05, 4.69) is 46.3 Å². The van der Waals surface area contributed by atoms with Crippen LogP contribution < -0.4 is 5.32 Å².